The molecule has 0 saturated carbocycles. The van der Waals surface area contributed by atoms with Gasteiger partial charge >= 0.3 is 12.1 Å². The number of nitrogens with zero attached hydrogens (tertiary/aromatic N) is 4. The number of nitrogens with one attached hydrogen (secondary N) is 5. The van der Waals surface area contributed by atoms with Gasteiger partial charge in [-0.3, -0.25) is 19.2 Å². The van der Waals surface area contributed by atoms with Gasteiger partial charge in [0.25, 0.3) is 5.91 Å². The van der Waals surface area contributed by atoms with Crippen molar-refractivity contribution in [1.82, 2.24) is 46.0 Å². The third-order valence-electron chi connectivity index (χ3n) is 9.74. The number of aromatic nitrogens is 5. The van der Waals surface area contributed by atoms with E-state index in [1.165, 1.54) is 4.68 Å². The van der Waals surface area contributed by atoms with Crippen LogP contribution >= 0.6 is 0 Å². The zero-order valence-electron chi connectivity index (χ0n) is 34.8. The fraction of sp³-hybridized carbons (Fsp3) is 0.395. The van der Waals surface area contributed by atoms with E-state index in [-0.39, 0.29) is 49.8 Å². The van der Waals surface area contributed by atoms with Crippen LogP contribution in [-0.4, -0.2) is 90.3 Å². The van der Waals surface area contributed by atoms with Gasteiger partial charge in [0.15, 0.2) is 5.82 Å². The molecule has 6 N–H and O–H groups in total. The number of carbonyl (C=O) groups is 5. The van der Waals surface area contributed by atoms with Gasteiger partial charge < -0.3 is 36.1 Å². The summed E-state index contributed by atoms with van der Waals surface area (Å²) in [5.41, 5.74) is 3.33. The van der Waals surface area contributed by atoms with Crippen molar-refractivity contribution in [3.63, 3.8) is 0 Å². The van der Waals surface area contributed by atoms with Gasteiger partial charge in [-0.05, 0) is 66.6 Å². The Morgan fingerprint density at radius 3 is 2.29 bits per heavy atom. The number of H-pyrrole nitrogens is 1. The quantitative estimate of drug-likeness (QED) is 0.134. The first kappa shape index (κ1) is 46.3. The average Bonchev–Trinajstić information content (AvgIpc) is 3.83. The van der Waals surface area contributed by atoms with Gasteiger partial charge in [0, 0.05) is 18.4 Å². The van der Waals surface area contributed by atoms with E-state index in [1.54, 1.807) is 43.6 Å². The number of hydrogen-bond donors (Lipinski definition) is 6. The summed E-state index contributed by atoms with van der Waals surface area (Å²) in [5, 5.41) is 23.8. The summed E-state index contributed by atoms with van der Waals surface area (Å²) in [4.78, 5) is 76.7. The molecule has 330 valence electrons. The first-order valence-corrected chi connectivity index (χ1v) is 20.0. The van der Waals surface area contributed by atoms with Crippen molar-refractivity contribution in [3.8, 4) is 5.75 Å². The van der Waals surface area contributed by atoms with Gasteiger partial charge in [-0.15, -0.1) is 0 Å². The monoisotopic (exact) mass is 861 g/mol. The Morgan fingerprint density at radius 1 is 0.952 bits per heavy atom. The number of ether oxygens (including phenoxy) is 1. The van der Waals surface area contributed by atoms with Crippen LogP contribution < -0.4 is 26.0 Å². The van der Waals surface area contributed by atoms with E-state index in [9.17, 15) is 32.3 Å². The first-order valence-electron chi connectivity index (χ1n) is 20.0. The standard InChI is InChI=1S/C41H49N9O5.C2HF3O2/c1-24(2)17-30-22-55-31-14-11-28(12-15-31)19-34(46-39(52)29-13-16-32-33(20-29)43-23-42-32)40(53)47-35(18-27-9-7-6-8-10-27)41(54)48-37(25(3)4)38-44-26(5)49-50(38)21-36(51)45-30;3-2(4,5)1(6)7/h6-16,20,23-25,30,34-35,37H,17-19,21-22H2,1-5H3,(H,42,43)(H,45,51)(H,46,52)(H,47,53)(H,48,54);(H,6,7)/t30-,34+,35-,37-;/m0./s1. The van der Waals surface area contributed by atoms with Crippen LogP contribution in [-0.2, 0) is 38.6 Å². The molecule has 2 bridgehead atoms. The lowest BCUT2D eigenvalue weighted by Crippen LogP contribution is -2.55. The molecule has 4 heterocycles. The molecule has 0 spiro atoms. The molecule has 3 aromatic carbocycles. The first-order chi connectivity index (χ1) is 29.4. The topological polar surface area (TPSA) is 222 Å². The van der Waals surface area contributed by atoms with Gasteiger partial charge in [-0.2, -0.15) is 18.3 Å². The average molecular weight is 862 g/mol. The highest BCUT2D eigenvalue weighted by Gasteiger charge is 2.38. The lowest BCUT2D eigenvalue weighted by Gasteiger charge is -2.27. The Morgan fingerprint density at radius 2 is 1.65 bits per heavy atom. The predicted molar refractivity (Wildman–Crippen MR) is 221 cm³/mol. The molecule has 0 saturated heterocycles. The summed E-state index contributed by atoms with van der Waals surface area (Å²) in [5.74, 6) is -2.87. The van der Waals surface area contributed by atoms with Crippen LogP contribution in [0.4, 0.5) is 13.2 Å². The number of aromatic amines is 1. The second-order valence-corrected chi connectivity index (χ2v) is 15.7. The Kier molecular flexibility index (Phi) is 15.4. The highest BCUT2D eigenvalue weighted by molar-refractivity contribution is 6.00. The van der Waals surface area contributed by atoms with Crippen molar-refractivity contribution < 1.29 is 47.0 Å². The van der Waals surface area contributed by atoms with Crippen molar-refractivity contribution in [2.24, 2.45) is 11.8 Å². The highest BCUT2D eigenvalue weighted by atomic mass is 19.4. The van der Waals surface area contributed by atoms with E-state index in [4.69, 9.17) is 14.6 Å². The number of alkyl halides is 3. The second kappa shape index (κ2) is 20.7. The van der Waals surface area contributed by atoms with E-state index >= 15 is 0 Å². The molecule has 0 radical (unpaired) electrons. The number of hydrogen-bond acceptors (Lipinski definition) is 9. The number of aliphatic carboxylic acids is 1. The Hall–Kier alpha value is -6.79. The molecule has 7 rings (SSSR count). The lowest BCUT2D eigenvalue weighted by molar-refractivity contribution is -0.192. The van der Waals surface area contributed by atoms with Gasteiger partial charge in [-0.1, -0.05) is 70.2 Å². The van der Waals surface area contributed by atoms with Crippen LogP contribution in [0.15, 0.2) is 79.1 Å². The summed E-state index contributed by atoms with van der Waals surface area (Å²) in [6.45, 7) is 9.90. The van der Waals surface area contributed by atoms with Crippen LogP contribution in [0, 0.1) is 18.8 Å². The minimum absolute atomic E-state index is 0.114. The summed E-state index contributed by atoms with van der Waals surface area (Å²) in [6, 6.07) is 18.7. The molecule has 2 aliphatic heterocycles. The van der Waals surface area contributed by atoms with Crippen molar-refractivity contribution in [1.29, 1.82) is 0 Å². The van der Waals surface area contributed by atoms with Gasteiger partial charge in [0.05, 0.1) is 29.4 Å². The number of amides is 4. The van der Waals surface area contributed by atoms with E-state index in [1.807, 2.05) is 56.3 Å². The van der Waals surface area contributed by atoms with E-state index in [0.717, 1.165) is 11.1 Å². The fourth-order valence-corrected chi connectivity index (χ4v) is 6.76. The Bertz CT molecular complexity index is 2330. The van der Waals surface area contributed by atoms with Gasteiger partial charge in [-0.25, -0.2) is 19.4 Å². The van der Waals surface area contributed by atoms with Crippen molar-refractivity contribution in [2.75, 3.05) is 6.61 Å². The Balaban J connectivity index is 0.000000955. The summed E-state index contributed by atoms with van der Waals surface area (Å²) < 4.78 is 39.4. The number of aryl methyl sites for hydroxylation is 1. The molecule has 2 aliphatic rings. The van der Waals surface area contributed by atoms with E-state index in [2.05, 4.69) is 55.2 Å². The normalized spacial score (nSPS) is 19.0. The van der Waals surface area contributed by atoms with Crippen LogP contribution in [0.5, 0.6) is 5.75 Å². The molecule has 2 aromatic heterocycles. The molecular formula is C43H50F3N9O7. The number of imidazole rings is 1. The largest absolute Gasteiger partial charge is 0.491 e. The molecule has 0 aliphatic carbocycles. The minimum Gasteiger partial charge on any atom is -0.491 e. The predicted octanol–water partition coefficient (Wildman–Crippen LogP) is 4.60. The molecule has 19 heteroatoms. The second-order valence-electron chi connectivity index (χ2n) is 15.7. The summed E-state index contributed by atoms with van der Waals surface area (Å²) >= 11 is 0. The maximum Gasteiger partial charge on any atom is 0.490 e. The maximum absolute atomic E-state index is 14.4. The number of benzene rings is 3. The molecule has 4 atom stereocenters. The van der Waals surface area contributed by atoms with E-state index < -0.39 is 48.0 Å². The van der Waals surface area contributed by atoms with Crippen LogP contribution in [0.3, 0.4) is 0 Å². The molecule has 0 unspecified atom stereocenters. The van der Waals surface area contributed by atoms with E-state index in [0.29, 0.717) is 40.4 Å². The van der Waals surface area contributed by atoms with Gasteiger partial charge in [0.1, 0.15) is 36.8 Å². The molecule has 4 amide bonds. The van der Waals surface area contributed by atoms with Gasteiger partial charge in [0.2, 0.25) is 17.7 Å². The number of carbonyl (C=O) groups excluding carboxylic acids is 4. The number of rotatable bonds is 7. The number of carboxylic acid groups (broad SMARTS) is 1. The number of fused-ring (bicyclic) bond motifs is 15. The van der Waals surface area contributed by atoms with Crippen molar-refractivity contribution in [2.45, 2.75) is 90.8 Å². The minimum atomic E-state index is -5.08. The number of carboxylic acids is 1. The SMILES string of the molecule is Cc1nc2n(n1)CC(=O)N[C@@H](CC(C)C)COc1ccc(cc1)C[C@@H](NC(=O)c1ccc3nc[nH]c3c1)C(=O)N[C@@H](Cc1ccccc1)C(=O)N[C@H]2C(C)C.O=C(O)C(F)(F)F. The van der Waals surface area contributed by atoms with Crippen LogP contribution in [0.1, 0.15) is 73.3 Å². The third kappa shape index (κ3) is 13.1. The zero-order valence-corrected chi connectivity index (χ0v) is 34.8. The molecule has 5 aromatic rings. The van der Waals surface area contributed by atoms with Crippen molar-refractivity contribution in [3.05, 3.63) is 107 Å². The molecule has 0 fully saturated rings. The smallest absolute Gasteiger partial charge is 0.490 e. The lowest BCUT2D eigenvalue weighted by atomic mass is 9.99. The molecular weight excluding hydrogens is 812 g/mol. The molecule has 16 nitrogen and oxygen atoms in total. The summed E-state index contributed by atoms with van der Waals surface area (Å²) in [7, 11) is 0. The highest BCUT2D eigenvalue weighted by Crippen LogP contribution is 2.22. The zero-order chi connectivity index (χ0) is 45.1. The third-order valence-corrected chi connectivity index (χ3v) is 9.74. The summed E-state index contributed by atoms with van der Waals surface area (Å²) in [6.07, 6.45) is -2.54. The fourth-order valence-electron chi connectivity index (χ4n) is 6.76. The molecule has 62 heavy (non-hydrogen) atoms. The maximum atomic E-state index is 14.4. The van der Waals surface area contributed by atoms with Crippen LogP contribution in [0.25, 0.3) is 11.0 Å². The number of halogens is 3. The Labute approximate surface area is 355 Å². The van der Waals surface area contributed by atoms with Crippen LogP contribution in [0.2, 0.25) is 0 Å². The van der Waals surface area contributed by atoms with Crippen molar-refractivity contribution >= 4 is 40.6 Å².